The summed E-state index contributed by atoms with van der Waals surface area (Å²) in [5.74, 6) is 1.53. The van der Waals surface area contributed by atoms with Crippen molar-refractivity contribution in [3.05, 3.63) is 11.7 Å². The Morgan fingerprint density at radius 2 is 2.19 bits per heavy atom. The molecule has 0 spiro atoms. The first-order valence-electron chi connectivity index (χ1n) is 6.02. The van der Waals surface area contributed by atoms with E-state index in [1.165, 1.54) is 12.8 Å². The zero-order chi connectivity index (χ0) is 11.4. The van der Waals surface area contributed by atoms with Crippen LogP contribution in [-0.2, 0) is 13.0 Å². The molecule has 0 aliphatic carbocycles. The van der Waals surface area contributed by atoms with Gasteiger partial charge in [-0.05, 0) is 33.0 Å². The molecule has 0 unspecified atom stereocenters. The summed E-state index contributed by atoms with van der Waals surface area (Å²) in [5, 5.41) is 7.28. The molecule has 0 aromatic carbocycles. The van der Waals surface area contributed by atoms with Crippen molar-refractivity contribution in [3.8, 4) is 0 Å². The zero-order valence-corrected chi connectivity index (χ0v) is 10.1. The first-order valence-corrected chi connectivity index (χ1v) is 6.02. The van der Waals surface area contributed by atoms with Gasteiger partial charge in [-0.2, -0.15) is 4.98 Å². The fourth-order valence-corrected chi connectivity index (χ4v) is 2.09. The Morgan fingerprint density at radius 1 is 1.44 bits per heavy atom. The standard InChI is InChI=1S/C11H20N4O/c1-3-10-13-11(16-14-10)8-15(2)9-4-6-12-7-5-9/h9,12H,3-8H2,1-2H3. The number of rotatable bonds is 4. The third-order valence-corrected chi connectivity index (χ3v) is 3.14. The first-order chi connectivity index (χ1) is 7.79. The molecule has 2 rings (SSSR count). The van der Waals surface area contributed by atoms with Crippen LogP contribution >= 0.6 is 0 Å². The summed E-state index contributed by atoms with van der Waals surface area (Å²) in [4.78, 5) is 6.64. The second kappa shape index (κ2) is 5.41. The summed E-state index contributed by atoms with van der Waals surface area (Å²) in [7, 11) is 2.13. The van der Waals surface area contributed by atoms with E-state index in [4.69, 9.17) is 4.52 Å². The van der Waals surface area contributed by atoms with Crippen molar-refractivity contribution in [1.82, 2.24) is 20.4 Å². The number of hydrogen-bond donors (Lipinski definition) is 1. The van der Waals surface area contributed by atoms with Gasteiger partial charge in [0.25, 0.3) is 0 Å². The van der Waals surface area contributed by atoms with Crippen LogP contribution in [0.3, 0.4) is 0 Å². The van der Waals surface area contributed by atoms with Crippen molar-refractivity contribution in [2.45, 2.75) is 38.8 Å². The number of hydrogen-bond acceptors (Lipinski definition) is 5. The number of nitrogens with one attached hydrogen (secondary N) is 1. The summed E-state index contributed by atoms with van der Waals surface area (Å²) < 4.78 is 5.20. The summed E-state index contributed by atoms with van der Waals surface area (Å²) in [6.45, 7) is 5.01. The molecule has 0 saturated carbocycles. The van der Waals surface area contributed by atoms with Crippen LogP contribution in [-0.4, -0.2) is 41.2 Å². The lowest BCUT2D eigenvalue weighted by atomic mass is 10.1. The SMILES string of the molecule is CCc1noc(CN(C)C2CCNCC2)n1. The predicted molar refractivity (Wildman–Crippen MR) is 61.0 cm³/mol. The van der Waals surface area contributed by atoms with Gasteiger partial charge in [0.05, 0.1) is 6.54 Å². The second-order valence-electron chi connectivity index (χ2n) is 4.35. The van der Waals surface area contributed by atoms with E-state index in [-0.39, 0.29) is 0 Å². The van der Waals surface area contributed by atoms with E-state index in [0.29, 0.717) is 6.04 Å². The van der Waals surface area contributed by atoms with E-state index in [1.54, 1.807) is 0 Å². The van der Waals surface area contributed by atoms with Crippen LogP contribution in [0.5, 0.6) is 0 Å². The number of aryl methyl sites for hydroxylation is 1. The second-order valence-corrected chi connectivity index (χ2v) is 4.35. The van der Waals surface area contributed by atoms with E-state index < -0.39 is 0 Å². The highest BCUT2D eigenvalue weighted by molar-refractivity contribution is 4.87. The number of aromatic nitrogens is 2. The van der Waals surface area contributed by atoms with Crippen molar-refractivity contribution < 1.29 is 4.52 Å². The smallest absolute Gasteiger partial charge is 0.240 e. The van der Waals surface area contributed by atoms with E-state index in [0.717, 1.165) is 37.8 Å². The molecular formula is C11H20N4O. The Labute approximate surface area is 96.2 Å². The molecule has 0 radical (unpaired) electrons. The highest BCUT2D eigenvalue weighted by atomic mass is 16.5. The van der Waals surface area contributed by atoms with Crippen LogP contribution in [0.4, 0.5) is 0 Å². The molecule has 1 aliphatic rings. The molecular weight excluding hydrogens is 204 g/mol. The van der Waals surface area contributed by atoms with Crippen molar-refractivity contribution in [3.63, 3.8) is 0 Å². The van der Waals surface area contributed by atoms with Crippen molar-refractivity contribution in [2.75, 3.05) is 20.1 Å². The Bertz CT molecular complexity index is 320. The average Bonchev–Trinajstić information content (AvgIpc) is 2.78. The normalized spacial score (nSPS) is 18.2. The van der Waals surface area contributed by atoms with E-state index >= 15 is 0 Å². The molecule has 1 saturated heterocycles. The zero-order valence-electron chi connectivity index (χ0n) is 10.1. The topological polar surface area (TPSA) is 54.2 Å². The van der Waals surface area contributed by atoms with Crippen LogP contribution in [0, 0.1) is 0 Å². The van der Waals surface area contributed by atoms with Crippen LogP contribution in [0.15, 0.2) is 4.52 Å². The van der Waals surface area contributed by atoms with Gasteiger partial charge in [0.2, 0.25) is 5.89 Å². The Kier molecular flexibility index (Phi) is 3.90. The minimum absolute atomic E-state index is 0.637. The Hall–Kier alpha value is -0.940. The molecule has 0 atom stereocenters. The molecule has 1 aromatic rings. The molecule has 5 heteroatoms. The predicted octanol–water partition coefficient (Wildman–Crippen LogP) is 0.816. The third kappa shape index (κ3) is 2.80. The Morgan fingerprint density at radius 3 is 2.81 bits per heavy atom. The van der Waals surface area contributed by atoms with Gasteiger partial charge in [0.1, 0.15) is 0 Å². The largest absolute Gasteiger partial charge is 0.338 e. The van der Waals surface area contributed by atoms with Gasteiger partial charge in [-0.1, -0.05) is 12.1 Å². The van der Waals surface area contributed by atoms with Gasteiger partial charge >= 0.3 is 0 Å². The van der Waals surface area contributed by atoms with E-state index in [2.05, 4.69) is 27.4 Å². The average molecular weight is 224 g/mol. The molecule has 1 aliphatic heterocycles. The van der Waals surface area contributed by atoms with Gasteiger partial charge in [-0.15, -0.1) is 0 Å². The lowest BCUT2D eigenvalue weighted by molar-refractivity contribution is 0.171. The molecule has 0 amide bonds. The summed E-state index contributed by atoms with van der Waals surface area (Å²) in [6, 6.07) is 0.637. The van der Waals surface area contributed by atoms with Gasteiger partial charge in [0.15, 0.2) is 5.82 Å². The third-order valence-electron chi connectivity index (χ3n) is 3.14. The minimum atomic E-state index is 0.637. The number of piperidine rings is 1. The summed E-state index contributed by atoms with van der Waals surface area (Å²) in [5.41, 5.74) is 0. The maximum absolute atomic E-state index is 5.20. The molecule has 90 valence electrons. The van der Waals surface area contributed by atoms with Crippen LogP contribution < -0.4 is 5.32 Å². The molecule has 16 heavy (non-hydrogen) atoms. The van der Waals surface area contributed by atoms with Crippen molar-refractivity contribution in [2.24, 2.45) is 0 Å². The summed E-state index contributed by atoms with van der Waals surface area (Å²) in [6.07, 6.45) is 3.23. The van der Waals surface area contributed by atoms with Crippen molar-refractivity contribution in [1.29, 1.82) is 0 Å². The molecule has 1 N–H and O–H groups in total. The highest BCUT2D eigenvalue weighted by Gasteiger charge is 2.19. The fraction of sp³-hybridized carbons (Fsp3) is 0.818. The fourth-order valence-electron chi connectivity index (χ4n) is 2.09. The van der Waals surface area contributed by atoms with Crippen LogP contribution in [0.1, 0.15) is 31.5 Å². The molecule has 2 heterocycles. The van der Waals surface area contributed by atoms with Gasteiger partial charge in [-0.3, -0.25) is 4.90 Å². The molecule has 0 bridgehead atoms. The van der Waals surface area contributed by atoms with Crippen LogP contribution in [0.2, 0.25) is 0 Å². The first kappa shape index (κ1) is 11.5. The van der Waals surface area contributed by atoms with E-state index in [1.807, 2.05) is 6.92 Å². The van der Waals surface area contributed by atoms with Gasteiger partial charge in [-0.25, -0.2) is 0 Å². The maximum Gasteiger partial charge on any atom is 0.240 e. The van der Waals surface area contributed by atoms with Crippen LogP contribution in [0.25, 0.3) is 0 Å². The van der Waals surface area contributed by atoms with Gasteiger partial charge in [0, 0.05) is 12.5 Å². The number of nitrogens with zero attached hydrogens (tertiary/aromatic N) is 3. The lowest BCUT2D eigenvalue weighted by Gasteiger charge is -2.30. The summed E-state index contributed by atoms with van der Waals surface area (Å²) >= 11 is 0. The van der Waals surface area contributed by atoms with Gasteiger partial charge < -0.3 is 9.84 Å². The molecule has 1 fully saturated rings. The van der Waals surface area contributed by atoms with E-state index in [9.17, 15) is 0 Å². The quantitative estimate of drug-likeness (QED) is 0.820. The molecule has 1 aromatic heterocycles. The highest BCUT2D eigenvalue weighted by Crippen LogP contribution is 2.12. The molecule has 5 nitrogen and oxygen atoms in total. The minimum Gasteiger partial charge on any atom is -0.338 e. The lowest BCUT2D eigenvalue weighted by Crippen LogP contribution is -2.40. The maximum atomic E-state index is 5.20. The Balaban J connectivity index is 1.87. The van der Waals surface area contributed by atoms with Crippen molar-refractivity contribution >= 4 is 0 Å². The monoisotopic (exact) mass is 224 g/mol.